The standard InChI is InChI=1S/C20H19FN4O/c21-17-9-7-15(8-10-17)19-6-1-2-11-25(19)20(26)16-4-3-5-18(12-16)24-13-22-23-14-24/h3-5,7-10,12-14,19H,1-2,6,11H2/t19-/m1/s1. The van der Waals surface area contributed by atoms with Gasteiger partial charge in [0.05, 0.1) is 6.04 Å². The quantitative estimate of drug-likeness (QED) is 0.722. The molecule has 0 saturated carbocycles. The second-order valence-corrected chi connectivity index (χ2v) is 6.48. The lowest BCUT2D eigenvalue weighted by Crippen LogP contribution is -2.38. The molecule has 1 amide bonds. The van der Waals surface area contributed by atoms with E-state index in [2.05, 4.69) is 10.2 Å². The minimum absolute atomic E-state index is 0.00560. The van der Waals surface area contributed by atoms with Crippen LogP contribution in [0.2, 0.25) is 0 Å². The van der Waals surface area contributed by atoms with E-state index in [1.54, 1.807) is 29.4 Å². The molecule has 1 saturated heterocycles. The molecule has 1 fully saturated rings. The Balaban J connectivity index is 1.63. The monoisotopic (exact) mass is 350 g/mol. The van der Waals surface area contributed by atoms with Crippen molar-refractivity contribution in [3.63, 3.8) is 0 Å². The maximum atomic E-state index is 13.3. The maximum absolute atomic E-state index is 13.3. The largest absolute Gasteiger partial charge is 0.332 e. The van der Waals surface area contributed by atoms with E-state index >= 15 is 0 Å². The van der Waals surface area contributed by atoms with Gasteiger partial charge in [0, 0.05) is 17.8 Å². The summed E-state index contributed by atoms with van der Waals surface area (Å²) in [5.74, 6) is -0.266. The van der Waals surface area contributed by atoms with E-state index in [-0.39, 0.29) is 17.8 Å². The molecule has 0 spiro atoms. The lowest BCUT2D eigenvalue weighted by Gasteiger charge is -2.36. The van der Waals surface area contributed by atoms with Crippen LogP contribution in [0, 0.1) is 5.82 Å². The molecule has 1 atom stereocenters. The summed E-state index contributed by atoms with van der Waals surface area (Å²) < 4.78 is 15.0. The van der Waals surface area contributed by atoms with Crippen molar-refractivity contribution in [3.8, 4) is 5.69 Å². The van der Waals surface area contributed by atoms with Crippen LogP contribution in [0.5, 0.6) is 0 Å². The van der Waals surface area contributed by atoms with Gasteiger partial charge in [-0.3, -0.25) is 9.36 Å². The van der Waals surface area contributed by atoms with Gasteiger partial charge < -0.3 is 4.90 Å². The van der Waals surface area contributed by atoms with Crippen LogP contribution in [-0.2, 0) is 0 Å². The number of piperidine rings is 1. The summed E-state index contributed by atoms with van der Waals surface area (Å²) in [6, 6.07) is 13.9. The van der Waals surface area contributed by atoms with Crippen LogP contribution >= 0.6 is 0 Å². The second kappa shape index (κ2) is 7.07. The van der Waals surface area contributed by atoms with E-state index in [1.807, 2.05) is 29.2 Å². The van der Waals surface area contributed by atoms with Crippen molar-refractivity contribution < 1.29 is 9.18 Å². The third-order valence-electron chi connectivity index (χ3n) is 4.83. The molecule has 5 nitrogen and oxygen atoms in total. The Labute approximate surface area is 151 Å². The lowest BCUT2D eigenvalue weighted by molar-refractivity contribution is 0.0611. The highest BCUT2D eigenvalue weighted by molar-refractivity contribution is 5.95. The van der Waals surface area contributed by atoms with Gasteiger partial charge in [-0.1, -0.05) is 18.2 Å². The molecule has 4 rings (SSSR count). The molecule has 0 aliphatic carbocycles. The summed E-state index contributed by atoms with van der Waals surface area (Å²) in [7, 11) is 0. The van der Waals surface area contributed by atoms with Crippen molar-refractivity contribution in [3.05, 3.63) is 78.1 Å². The molecule has 0 radical (unpaired) electrons. The minimum atomic E-state index is -0.260. The molecule has 0 bridgehead atoms. The van der Waals surface area contributed by atoms with Gasteiger partial charge in [-0.15, -0.1) is 10.2 Å². The van der Waals surface area contributed by atoms with Crippen molar-refractivity contribution in [2.75, 3.05) is 6.54 Å². The number of carbonyl (C=O) groups excluding carboxylic acids is 1. The highest BCUT2D eigenvalue weighted by Gasteiger charge is 2.28. The van der Waals surface area contributed by atoms with Gasteiger partial charge in [0.2, 0.25) is 0 Å². The normalized spacial score (nSPS) is 17.3. The molecule has 2 heterocycles. The van der Waals surface area contributed by atoms with E-state index in [0.717, 1.165) is 30.5 Å². The first kappa shape index (κ1) is 16.4. The van der Waals surface area contributed by atoms with Crippen molar-refractivity contribution in [1.82, 2.24) is 19.7 Å². The Kier molecular flexibility index (Phi) is 4.48. The molecule has 2 aromatic carbocycles. The Morgan fingerprint density at radius 1 is 1.04 bits per heavy atom. The number of aromatic nitrogens is 3. The summed E-state index contributed by atoms with van der Waals surface area (Å²) in [5.41, 5.74) is 2.45. The molecule has 0 N–H and O–H groups in total. The van der Waals surface area contributed by atoms with E-state index in [9.17, 15) is 9.18 Å². The van der Waals surface area contributed by atoms with Gasteiger partial charge in [-0.2, -0.15) is 0 Å². The summed E-state index contributed by atoms with van der Waals surface area (Å²) in [4.78, 5) is 15.1. The molecule has 6 heteroatoms. The highest BCUT2D eigenvalue weighted by Crippen LogP contribution is 2.32. The van der Waals surface area contributed by atoms with Crippen LogP contribution in [0.1, 0.15) is 41.2 Å². The fourth-order valence-electron chi connectivity index (χ4n) is 3.51. The first-order valence-corrected chi connectivity index (χ1v) is 8.74. The number of carbonyl (C=O) groups is 1. The van der Waals surface area contributed by atoms with Gasteiger partial charge >= 0.3 is 0 Å². The minimum Gasteiger partial charge on any atom is -0.332 e. The third kappa shape index (κ3) is 3.22. The Morgan fingerprint density at radius 2 is 1.81 bits per heavy atom. The Hall–Kier alpha value is -3.02. The van der Waals surface area contributed by atoms with Crippen LogP contribution in [-0.4, -0.2) is 32.1 Å². The summed E-state index contributed by atoms with van der Waals surface area (Å²) >= 11 is 0. The van der Waals surface area contributed by atoms with E-state index in [0.29, 0.717) is 12.1 Å². The zero-order valence-electron chi connectivity index (χ0n) is 14.3. The summed E-state index contributed by atoms with van der Waals surface area (Å²) in [5, 5.41) is 7.62. The average molecular weight is 350 g/mol. The molecule has 1 aliphatic heterocycles. The number of rotatable bonds is 3. The highest BCUT2D eigenvalue weighted by atomic mass is 19.1. The fourth-order valence-corrected chi connectivity index (χ4v) is 3.51. The molecule has 3 aromatic rings. The first-order chi connectivity index (χ1) is 12.7. The van der Waals surface area contributed by atoms with Crippen molar-refractivity contribution in [1.29, 1.82) is 0 Å². The van der Waals surface area contributed by atoms with Crippen LogP contribution in [0.4, 0.5) is 4.39 Å². The van der Waals surface area contributed by atoms with Gasteiger partial charge in [0.15, 0.2) is 0 Å². The van der Waals surface area contributed by atoms with Crippen LogP contribution in [0.15, 0.2) is 61.2 Å². The van der Waals surface area contributed by atoms with Crippen LogP contribution in [0.3, 0.4) is 0 Å². The number of hydrogen-bond acceptors (Lipinski definition) is 3. The van der Waals surface area contributed by atoms with Crippen molar-refractivity contribution in [2.24, 2.45) is 0 Å². The van der Waals surface area contributed by atoms with Crippen molar-refractivity contribution >= 4 is 5.91 Å². The number of nitrogens with zero attached hydrogens (tertiary/aromatic N) is 4. The number of likely N-dealkylation sites (tertiary alicyclic amines) is 1. The van der Waals surface area contributed by atoms with Gasteiger partial charge in [-0.05, 0) is 55.2 Å². The SMILES string of the molecule is O=C(c1cccc(-n2cnnc2)c1)N1CCCC[C@@H]1c1ccc(F)cc1. The van der Waals surface area contributed by atoms with E-state index < -0.39 is 0 Å². The number of halogens is 1. The lowest BCUT2D eigenvalue weighted by atomic mass is 9.94. The molecule has 1 aromatic heterocycles. The zero-order chi connectivity index (χ0) is 17.9. The average Bonchev–Trinajstić information content (AvgIpc) is 3.23. The van der Waals surface area contributed by atoms with Crippen LogP contribution < -0.4 is 0 Å². The Bertz CT molecular complexity index is 892. The molecule has 132 valence electrons. The number of hydrogen-bond donors (Lipinski definition) is 0. The summed E-state index contributed by atoms with van der Waals surface area (Å²) in [6.45, 7) is 0.706. The molecule has 1 aliphatic rings. The van der Waals surface area contributed by atoms with Gasteiger partial charge in [0.25, 0.3) is 5.91 Å². The predicted octanol–water partition coefficient (Wildman–Crippen LogP) is 3.77. The summed E-state index contributed by atoms with van der Waals surface area (Å²) in [6.07, 6.45) is 6.14. The smallest absolute Gasteiger partial charge is 0.254 e. The second-order valence-electron chi connectivity index (χ2n) is 6.48. The maximum Gasteiger partial charge on any atom is 0.254 e. The topological polar surface area (TPSA) is 51.0 Å². The first-order valence-electron chi connectivity index (χ1n) is 8.74. The predicted molar refractivity (Wildman–Crippen MR) is 95.4 cm³/mol. The number of benzene rings is 2. The molecule has 26 heavy (non-hydrogen) atoms. The third-order valence-corrected chi connectivity index (χ3v) is 4.83. The fraction of sp³-hybridized carbons (Fsp3) is 0.250. The van der Waals surface area contributed by atoms with Crippen molar-refractivity contribution in [2.45, 2.75) is 25.3 Å². The van der Waals surface area contributed by atoms with E-state index in [4.69, 9.17) is 0 Å². The zero-order valence-corrected chi connectivity index (χ0v) is 14.3. The molecular weight excluding hydrogens is 331 g/mol. The number of amides is 1. The van der Waals surface area contributed by atoms with Gasteiger partial charge in [0.1, 0.15) is 18.5 Å². The molecular formula is C20H19FN4O. The van der Waals surface area contributed by atoms with Crippen LogP contribution in [0.25, 0.3) is 5.69 Å². The van der Waals surface area contributed by atoms with Gasteiger partial charge in [-0.25, -0.2) is 4.39 Å². The Morgan fingerprint density at radius 3 is 2.58 bits per heavy atom. The molecule has 0 unspecified atom stereocenters. The van der Waals surface area contributed by atoms with E-state index in [1.165, 1.54) is 12.1 Å².